The quantitative estimate of drug-likeness (QED) is 0.174. The molecule has 0 saturated carbocycles. The summed E-state index contributed by atoms with van der Waals surface area (Å²) in [5.74, 6) is 2.41. The van der Waals surface area contributed by atoms with Gasteiger partial charge in [-0.15, -0.1) is 0 Å². The van der Waals surface area contributed by atoms with Gasteiger partial charge in [-0.25, -0.2) is 4.99 Å². The number of ether oxygens (including phenoxy) is 3. The van der Waals surface area contributed by atoms with Gasteiger partial charge in [0.25, 0.3) is 11.2 Å². The molecule has 0 N–H and O–H groups in total. The molecule has 0 radical (unpaired) electrons. The molecule has 10 nitrogen and oxygen atoms in total. The second-order valence-electron chi connectivity index (χ2n) is 10.6. The topological polar surface area (TPSA) is 118 Å². The van der Waals surface area contributed by atoms with Gasteiger partial charge in [0, 0.05) is 23.8 Å². The number of non-ortho nitro benzene ring substituents is 1. The number of allylic oxidation sites excluding steroid dienone is 1. The third-order valence-electron chi connectivity index (χ3n) is 8.16. The molecule has 45 heavy (non-hydrogen) atoms. The van der Waals surface area contributed by atoms with Crippen LogP contribution in [-0.2, 0) is 6.42 Å². The fraction of sp³-hybridized carbons (Fsp3) is 0.176. The molecule has 5 aromatic rings. The molecule has 2 aromatic heterocycles. The van der Waals surface area contributed by atoms with Crippen molar-refractivity contribution < 1.29 is 23.6 Å². The fourth-order valence-electron chi connectivity index (χ4n) is 6.05. The molecule has 11 heteroatoms. The van der Waals surface area contributed by atoms with Crippen LogP contribution in [0.5, 0.6) is 17.2 Å². The molecular formula is C34H27N3O7S. The van der Waals surface area contributed by atoms with Crippen molar-refractivity contribution in [1.29, 1.82) is 0 Å². The van der Waals surface area contributed by atoms with Crippen molar-refractivity contribution >= 4 is 28.8 Å². The summed E-state index contributed by atoms with van der Waals surface area (Å²) in [7, 11) is 4.67. The van der Waals surface area contributed by atoms with Gasteiger partial charge < -0.3 is 18.6 Å². The predicted octanol–water partition coefficient (Wildman–Crippen LogP) is 5.51. The summed E-state index contributed by atoms with van der Waals surface area (Å²) in [5.41, 5.74) is 5.30. The molecule has 0 bridgehead atoms. The lowest BCUT2D eigenvalue weighted by molar-refractivity contribution is -0.384. The molecule has 0 fully saturated rings. The first-order chi connectivity index (χ1) is 21.9. The number of nitro benzene ring substituents is 1. The van der Waals surface area contributed by atoms with E-state index in [0.29, 0.717) is 43.7 Å². The van der Waals surface area contributed by atoms with Crippen LogP contribution in [0.25, 0.3) is 23.1 Å². The molecule has 7 rings (SSSR count). The van der Waals surface area contributed by atoms with E-state index in [0.717, 1.165) is 35.2 Å². The number of hydrogen-bond donors (Lipinski definition) is 0. The minimum atomic E-state index is -0.472. The normalized spacial score (nSPS) is 15.5. The third-order valence-corrected chi connectivity index (χ3v) is 9.14. The summed E-state index contributed by atoms with van der Waals surface area (Å²) in [6.07, 6.45) is 3.28. The SMILES string of the molecule is COc1ccc([C@@H]2C3=C(N=c4s/c(=C/c5ccc(-c6cc([N+](=O)[O-])ccc6OC)o5)c(=O)n42)c2ccccc2CC3)cc1OC. The number of rotatable bonds is 7. The lowest BCUT2D eigenvalue weighted by Crippen LogP contribution is -2.38. The zero-order valence-corrected chi connectivity index (χ0v) is 25.4. The zero-order valence-electron chi connectivity index (χ0n) is 24.6. The third kappa shape index (κ3) is 4.81. The standard InChI is InChI=1S/C34H27N3O7S/c1-41-26-14-10-21(37(39)40)17-25(26)27-15-11-22(44-27)18-30-33(38)36-32(20-9-13-28(42-2)29(16-20)43-3)24-12-8-19-6-4-5-7-23(19)31(24)35-34(36)45-30/h4-7,9-11,13-18,32H,8,12H2,1-3H3/b30-18+/t32-/m1/s1. The first-order valence-electron chi connectivity index (χ1n) is 14.2. The van der Waals surface area contributed by atoms with Gasteiger partial charge in [-0.1, -0.05) is 41.7 Å². The highest BCUT2D eigenvalue weighted by molar-refractivity contribution is 7.07. The Morgan fingerprint density at radius 3 is 2.49 bits per heavy atom. The van der Waals surface area contributed by atoms with E-state index in [-0.39, 0.29) is 11.2 Å². The molecule has 2 aliphatic rings. The Morgan fingerprint density at radius 2 is 1.71 bits per heavy atom. The van der Waals surface area contributed by atoms with E-state index in [9.17, 15) is 14.9 Å². The largest absolute Gasteiger partial charge is 0.496 e. The molecular weight excluding hydrogens is 594 g/mol. The van der Waals surface area contributed by atoms with E-state index >= 15 is 0 Å². The maximum absolute atomic E-state index is 14.2. The number of thiazole rings is 1. The number of aryl methyl sites for hydroxylation is 1. The van der Waals surface area contributed by atoms with Crippen LogP contribution in [0, 0.1) is 10.1 Å². The summed E-state index contributed by atoms with van der Waals surface area (Å²) in [6, 6.07) is 21.3. The first kappa shape index (κ1) is 28.4. The summed E-state index contributed by atoms with van der Waals surface area (Å²) < 4.78 is 24.8. The van der Waals surface area contributed by atoms with Crippen molar-refractivity contribution in [3.05, 3.63) is 131 Å². The van der Waals surface area contributed by atoms with Crippen LogP contribution < -0.4 is 29.1 Å². The summed E-state index contributed by atoms with van der Waals surface area (Å²) >= 11 is 1.29. The van der Waals surface area contributed by atoms with Gasteiger partial charge in [-0.3, -0.25) is 19.5 Å². The fourth-order valence-corrected chi connectivity index (χ4v) is 7.03. The molecule has 1 aliphatic heterocycles. The predicted molar refractivity (Wildman–Crippen MR) is 170 cm³/mol. The van der Waals surface area contributed by atoms with Gasteiger partial charge in [-0.05, 0) is 59.9 Å². The van der Waals surface area contributed by atoms with Crippen molar-refractivity contribution in [2.45, 2.75) is 18.9 Å². The number of fused-ring (bicyclic) bond motifs is 3. The van der Waals surface area contributed by atoms with Crippen LogP contribution in [0.2, 0.25) is 0 Å². The van der Waals surface area contributed by atoms with Gasteiger partial charge >= 0.3 is 0 Å². The van der Waals surface area contributed by atoms with E-state index in [4.69, 9.17) is 23.6 Å². The van der Waals surface area contributed by atoms with Crippen LogP contribution >= 0.6 is 11.3 Å². The molecule has 3 aromatic carbocycles. The van der Waals surface area contributed by atoms with Gasteiger partial charge in [0.2, 0.25) is 0 Å². The van der Waals surface area contributed by atoms with Gasteiger partial charge in [-0.2, -0.15) is 0 Å². The van der Waals surface area contributed by atoms with Crippen molar-refractivity contribution in [1.82, 2.24) is 4.57 Å². The van der Waals surface area contributed by atoms with Crippen molar-refractivity contribution in [2.75, 3.05) is 21.3 Å². The van der Waals surface area contributed by atoms with Crippen LogP contribution in [0.1, 0.15) is 34.9 Å². The second kappa shape index (κ2) is 11.3. The molecule has 1 atom stereocenters. The Labute approximate surface area is 260 Å². The number of nitro groups is 1. The summed E-state index contributed by atoms with van der Waals surface area (Å²) in [4.78, 5) is 30.7. The smallest absolute Gasteiger partial charge is 0.271 e. The number of hydrogen-bond acceptors (Lipinski definition) is 9. The maximum Gasteiger partial charge on any atom is 0.271 e. The molecule has 0 saturated heterocycles. The Balaban J connectivity index is 1.39. The Kier molecular flexibility index (Phi) is 7.09. The zero-order chi connectivity index (χ0) is 31.2. The van der Waals surface area contributed by atoms with Crippen LogP contribution in [-0.4, -0.2) is 30.8 Å². The van der Waals surface area contributed by atoms with Crippen molar-refractivity contribution in [3.8, 4) is 28.6 Å². The average molecular weight is 622 g/mol. The molecule has 226 valence electrons. The van der Waals surface area contributed by atoms with E-state index in [1.807, 2.05) is 30.3 Å². The lowest BCUT2D eigenvalue weighted by Gasteiger charge is -2.31. The van der Waals surface area contributed by atoms with Crippen LogP contribution in [0.3, 0.4) is 0 Å². The average Bonchev–Trinajstić information content (AvgIpc) is 3.66. The van der Waals surface area contributed by atoms with E-state index in [1.54, 1.807) is 37.0 Å². The van der Waals surface area contributed by atoms with Crippen LogP contribution in [0.4, 0.5) is 5.69 Å². The number of methoxy groups -OCH3 is 3. The number of furan rings is 1. The minimum absolute atomic E-state index is 0.0854. The highest BCUT2D eigenvalue weighted by atomic mass is 32.1. The maximum atomic E-state index is 14.2. The monoisotopic (exact) mass is 621 g/mol. The highest BCUT2D eigenvalue weighted by Gasteiger charge is 2.33. The second-order valence-corrected chi connectivity index (χ2v) is 11.6. The Bertz CT molecular complexity index is 2210. The number of benzene rings is 3. The van der Waals surface area contributed by atoms with Gasteiger partial charge in [0.1, 0.15) is 17.3 Å². The van der Waals surface area contributed by atoms with Gasteiger partial charge in [0.15, 0.2) is 16.3 Å². The van der Waals surface area contributed by atoms with Gasteiger partial charge in [0.05, 0.1) is 48.1 Å². The van der Waals surface area contributed by atoms with Crippen molar-refractivity contribution in [2.24, 2.45) is 4.99 Å². The Morgan fingerprint density at radius 1 is 0.933 bits per heavy atom. The molecule has 3 heterocycles. The van der Waals surface area contributed by atoms with E-state index in [2.05, 4.69) is 12.1 Å². The van der Waals surface area contributed by atoms with E-state index in [1.165, 1.54) is 42.2 Å². The van der Waals surface area contributed by atoms with Crippen molar-refractivity contribution in [3.63, 3.8) is 0 Å². The highest BCUT2D eigenvalue weighted by Crippen LogP contribution is 2.43. The summed E-state index contributed by atoms with van der Waals surface area (Å²) in [5, 5.41) is 11.4. The number of aromatic nitrogens is 1. The molecule has 0 spiro atoms. The van der Waals surface area contributed by atoms with Crippen LogP contribution in [0.15, 0.2) is 92.6 Å². The number of nitrogens with zero attached hydrogens (tertiary/aromatic N) is 3. The lowest BCUT2D eigenvalue weighted by atomic mass is 9.83. The minimum Gasteiger partial charge on any atom is -0.496 e. The Hall–Kier alpha value is -5.42. The van der Waals surface area contributed by atoms with E-state index < -0.39 is 11.0 Å². The molecule has 1 aliphatic carbocycles. The summed E-state index contributed by atoms with van der Waals surface area (Å²) in [6.45, 7) is 0. The molecule has 0 amide bonds. The molecule has 0 unspecified atom stereocenters. The first-order valence-corrected chi connectivity index (χ1v) is 15.0.